The Kier molecular flexibility index (Phi) is 3.54. The Morgan fingerprint density at radius 3 is 2.87 bits per heavy atom. The first-order chi connectivity index (χ1) is 7.34. The summed E-state index contributed by atoms with van der Waals surface area (Å²) in [5.41, 5.74) is 1.02. The number of hydrogen-bond acceptors (Lipinski definition) is 3. The molecule has 1 aliphatic carbocycles. The van der Waals surface area contributed by atoms with Gasteiger partial charge < -0.3 is 5.32 Å². The molecule has 3 heteroatoms. The molecule has 15 heavy (non-hydrogen) atoms. The van der Waals surface area contributed by atoms with Crippen LogP contribution in [0.15, 0.2) is 12.4 Å². The number of nitrogens with zero attached hydrogens (tertiary/aromatic N) is 2. The minimum absolute atomic E-state index is 0.945. The third kappa shape index (κ3) is 3.18. The lowest BCUT2D eigenvalue weighted by molar-refractivity contribution is 0.518. The lowest BCUT2D eigenvalue weighted by atomic mass is 10.0. The standard InChI is InChI=1S/C12H19N3/c1-10-8-12(15-9-14-10)13-7-6-11-4-2-3-5-11/h8-9,11H,2-7H2,1H3,(H,13,14,15). The summed E-state index contributed by atoms with van der Waals surface area (Å²) >= 11 is 0. The molecular weight excluding hydrogens is 186 g/mol. The molecule has 0 aromatic carbocycles. The molecule has 0 unspecified atom stereocenters. The van der Waals surface area contributed by atoms with Gasteiger partial charge in [-0.2, -0.15) is 0 Å². The summed E-state index contributed by atoms with van der Waals surface area (Å²) in [6.07, 6.45) is 8.60. The van der Waals surface area contributed by atoms with Crippen molar-refractivity contribution in [3.63, 3.8) is 0 Å². The van der Waals surface area contributed by atoms with E-state index in [9.17, 15) is 0 Å². The normalized spacial score (nSPS) is 16.9. The molecule has 1 saturated carbocycles. The highest BCUT2D eigenvalue weighted by Gasteiger charge is 2.13. The monoisotopic (exact) mass is 205 g/mol. The average molecular weight is 205 g/mol. The molecular formula is C12H19N3. The number of anilines is 1. The molecule has 0 saturated heterocycles. The number of nitrogens with one attached hydrogen (secondary N) is 1. The van der Waals surface area contributed by atoms with Crippen LogP contribution in [-0.4, -0.2) is 16.5 Å². The van der Waals surface area contributed by atoms with Crippen LogP contribution in [-0.2, 0) is 0 Å². The van der Waals surface area contributed by atoms with E-state index in [1.54, 1.807) is 6.33 Å². The van der Waals surface area contributed by atoms with Crippen LogP contribution in [0.1, 0.15) is 37.8 Å². The summed E-state index contributed by atoms with van der Waals surface area (Å²) in [6, 6.07) is 1.99. The van der Waals surface area contributed by atoms with Crippen LogP contribution in [0.5, 0.6) is 0 Å². The maximum atomic E-state index is 4.18. The van der Waals surface area contributed by atoms with Gasteiger partial charge in [0.15, 0.2) is 0 Å². The summed E-state index contributed by atoms with van der Waals surface area (Å²) < 4.78 is 0. The van der Waals surface area contributed by atoms with Gasteiger partial charge in [-0.1, -0.05) is 25.7 Å². The first kappa shape index (κ1) is 10.4. The zero-order valence-corrected chi connectivity index (χ0v) is 9.37. The molecule has 0 aliphatic heterocycles. The molecule has 1 fully saturated rings. The molecule has 0 radical (unpaired) electrons. The minimum atomic E-state index is 0.945. The van der Waals surface area contributed by atoms with Gasteiger partial charge in [0.2, 0.25) is 0 Å². The predicted octanol–water partition coefficient (Wildman–Crippen LogP) is 2.78. The van der Waals surface area contributed by atoms with Crippen molar-refractivity contribution in [3.05, 3.63) is 18.1 Å². The Labute approximate surface area is 91.3 Å². The Hall–Kier alpha value is -1.12. The van der Waals surface area contributed by atoms with Crippen molar-refractivity contribution >= 4 is 5.82 Å². The van der Waals surface area contributed by atoms with Crippen molar-refractivity contribution in [1.29, 1.82) is 0 Å². The van der Waals surface area contributed by atoms with E-state index in [1.807, 2.05) is 13.0 Å². The quantitative estimate of drug-likeness (QED) is 0.821. The van der Waals surface area contributed by atoms with E-state index in [0.29, 0.717) is 0 Å². The molecule has 1 aliphatic rings. The number of aryl methyl sites for hydroxylation is 1. The van der Waals surface area contributed by atoms with E-state index >= 15 is 0 Å². The van der Waals surface area contributed by atoms with Crippen molar-refractivity contribution in [3.8, 4) is 0 Å². The van der Waals surface area contributed by atoms with E-state index in [2.05, 4.69) is 15.3 Å². The Balaban J connectivity index is 1.73. The third-order valence-corrected chi connectivity index (χ3v) is 3.14. The lowest BCUT2D eigenvalue weighted by Gasteiger charge is -2.10. The summed E-state index contributed by atoms with van der Waals surface area (Å²) in [4.78, 5) is 8.26. The van der Waals surface area contributed by atoms with E-state index < -0.39 is 0 Å². The molecule has 2 rings (SSSR count). The second-order valence-corrected chi connectivity index (χ2v) is 4.41. The van der Waals surface area contributed by atoms with Crippen molar-refractivity contribution in [2.75, 3.05) is 11.9 Å². The first-order valence-electron chi connectivity index (χ1n) is 5.87. The zero-order valence-electron chi connectivity index (χ0n) is 9.37. The van der Waals surface area contributed by atoms with Crippen LogP contribution >= 0.6 is 0 Å². The lowest BCUT2D eigenvalue weighted by Crippen LogP contribution is -2.08. The molecule has 0 bridgehead atoms. The minimum Gasteiger partial charge on any atom is -0.370 e. The predicted molar refractivity (Wildman–Crippen MR) is 61.8 cm³/mol. The van der Waals surface area contributed by atoms with Gasteiger partial charge in [-0.25, -0.2) is 9.97 Å². The SMILES string of the molecule is Cc1cc(NCCC2CCCC2)ncn1. The highest BCUT2D eigenvalue weighted by Crippen LogP contribution is 2.27. The van der Waals surface area contributed by atoms with Crippen LogP contribution < -0.4 is 5.32 Å². The van der Waals surface area contributed by atoms with Crippen molar-refractivity contribution < 1.29 is 0 Å². The van der Waals surface area contributed by atoms with Gasteiger partial charge in [-0.15, -0.1) is 0 Å². The maximum absolute atomic E-state index is 4.18. The van der Waals surface area contributed by atoms with Gasteiger partial charge >= 0.3 is 0 Å². The number of rotatable bonds is 4. The second kappa shape index (κ2) is 5.10. The van der Waals surface area contributed by atoms with Gasteiger partial charge in [-0.3, -0.25) is 0 Å². The Morgan fingerprint density at radius 2 is 2.13 bits per heavy atom. The van der Waals surface area contributed by atoms with Gasteiger partial charge in [0.05, 0.1) is 0 Å². The van der Waals surface area contributed by atoms with Gasteiger partial charge in [0.1, 0.15) is 12.1 Å². The van der Waals surface area contributed by atoms with Gasteiger partial charge in [-0.05, 0) is 19.3 Å². The van der Waals surface area contributed by atoms with Gasteiger partial charge in [0, 0.05) is 18.3 Å². The number of hydrogen-bond donors (Lipinski definition) is 1. The van der Waals surface area contributed by atoms with Crippen LogP contribution in [0.2, 0.25) is 0 Å². The topological polar surface area (TPSA) is 37.8 Å². The summed E-state index contributed by atoms with van der Waals surface area (Å²) in [7, 11) is 0. The first-order valence-corrected chi connectivity index (χ1v) is 5.87. The smallest absolute Gasteiger partial charge is 0.129 e. The summed E-state index contributed by atoms with van der Waals surface area (Å²) in [6.45, 7) is 3.03. The molecule has 1 aromatic heterocycles. The molecule has 1 heterocycles. The van der Waals surface area contributed by atoms with Crippen LogP contribution in [0.3, 0.4) is 0 Å². The fourth-order valence-corrected chi connectivity index (χ4v) is 2.25. The fraction of sp³-hybridized carbons (Fsp3) is 0.667. The molecule has 82 valence electrons. The average Bonchev–Trinajstić information content (AvgIpc) is 2.71. The van der Waals surface area contributed by atoms with Crippen LogP contribution in [0.4, 0.5) is 5.82 Å². The van der Waals surface area contributed by atoms with Crippen LogP contribution in [0.25, 0.3) is 0 Å². The summed E-state index contributed by atoms with van der Waals surface area (Å²) in [5, 5.41) is 3.36. The fourth-order valence-electron chi connectivity index (χ4n) is 2.25. The van der Waals surface area contributed by atoms with Crippen molar-refractivity contribution in [1.82, 2.24) is 9.97 Å². The highest BCUT2D eigenvalue weighted by atomic mass is 15.0. The molecule has 0 atom stereocenters. The van der Waals surface area contributed by atoms with E-state index in [-0.39, 0.29) is 0 Å². The van der Waals surface area contributed by atoms with Gasteiger partial charge in [0.25, 0.3) is 0 Å². The Bertz CT molecular complexity index is 305. The van der Waals surface area contributed by atoms with E-state index in [4.69, 9.17) is 0 Å². The second-order valence-electron chi connectivity index (χ2n) is 4.41. The largest absolute Gasteiger partial charge is 0.370 e. The third-order valence-electron chi connectivity index (χ3n) is 3.14. The molecule has 0 amide bonds. The van der Waals surface area contributed by atoms with Crippen molar-refractivity contribution in [2.45, 2.75) is 39.0 Å². The Morgan fingerprint density at radius 1 is 1.33 bits per heavy atom. The van der Waals surface area contributed by atoms with E-state index in [0.717, 1.165) is 24.0 Å². The van der Waals surface area contributed by atoms with Crippen LogP contribution in [0, 0.1) is 12.8 Å². The summed E-state index contributed by atoms with van der Waals surface area (Å²) in [5.74, 6) is 1.90. The number of aromatic nitrogens is 2. The maximum Gasteiger partial charge on any atom is 0.129 e. The van der Waals surface area contributed by atoms with E-state index in [1.165, 1.54) is 32.1 Å². The van der Waals surface area contributed by atoms with Crippen molar-refractivity contribution in [2.24, 2.45) is 5.92 Å². The zero-order chi connectivity index (χ0) is 10.5. The molecule has 1 aromatic rings. The molecule has 0 spiro atoms. The highest BCUT2D eigenvalue weighted by molar-refractivity contribution is 5.34. The molecule has 3 nitrogen and oxygen atoms in total. The molecule has 1 N–H and O–H groups in total.